The lowest BCUT2D eigenvalue weighted by Crippen LogP contribution is -2.44. The van der Waals surface area contributed by atoms with Crippen LogP contribution < -0.4 is 4.74 Å². The first-order valence-corrected chi connectivity index (χ1v) is 7.75. The molecule has 0 amide bonds. The molecule has 4 heteroatoms. The Balaban J connectivity index is 1.75. The van der Waals surface area contributed by atoms with Gasteiger partial charge in [-0.25, -0.2) is 0 Å². The minimum Gasteiger partial charge on any atom is -0.490 e. The third-order valence-electron chi connectivity index (χ3n) is 4.43. The molecule has 2 saturated heterocycles. The highest BCUT2D eigenvalue weighted by molar-refractivity contribution is 5.38. The average molecular weight is 292 g/mol. The number of aliphatic hydroxyl groups is 1. The van der Waals surface area contributed by atoms with Crippen LogP contribution in [-0.2, 0) is 9.47 Å². The number of aliphatic hydroxyl groups excluding tert-OH is 1. The Bertz CT molecular complexity index is 492. The number of ether oxygens (including phenoxy) is 3. The molecule has 2 aliphatic rings. The van der Waals surface area contributed by atoms with Crippen LogP contribution in [0.3, 0.4) is 0 Å². The smallest absolute Gasteiger partial charge is 0.125 e. The summed E-state index contributed by atoms with van der Waals surface area (Å²) in [4.78, 5) is 0. The molecule has 1 aromatic rings. The number of hydrogen-bond acceptors (Lipinski definition) is 4. The maximum Gasteiger partial charge on any atom is 0.125 e. The fourth-order valence-electron chi connectivity index (χ4n) is 3.22. The summed E-state index contributed by atoms with van der Waals surface area (Å²) in [5.41, 5.74) is 1.83. The molecule has 3 rings (SSSR count). The van der Waals surface area contributed by atoms with E-state index in [0.29, 0.717) is 13.2 Å². The Morgan fingerprint density at radius 1 is 1.38 bits per heavy atom. The summed E-state index contributed by atoms with van der Waals surface area (Å²) in [6.07, 6.45) is 2.29. The first-order valence-electron chi connectivity index (χ1n) is 7.75. The van der Waals surface area contributed by atoms with Gasteiger partial charge in [-0.15, -0.1) is 0 Å². The van der Waals surface area contributed by atoms with Crippen LogP contribution in [0.25, 0.3) is 0 Å². The van der Waals surface area contributed by atoms with Crippen LogP contribution in [0.15, 0.2) is 18.2 Å². The topological polar surface area (TPSA) is 47.9 Å². The van der Waals surface area contributed by atoms with Crippen LogP contribution in [-0.4, -0.2) is 36.6 Å². The van der Waals surface area contributed by atoms with Crippen molar-refractivity contribution in [2.24, 2.45) is 0 Å². The third kappa shape index (κ3) is 3.23. The van der Waals surface area contributed by atoms with E-state index in [2.05, 4.69) is 0 Å². The molecule has 2 aliphatic heterocycles. The van der Waals surface area contributed by atoms with E-state index in [9.17, 15) is 5.11 Å². The predicted molar refractivity (Wildman–Crippen MR) is 79.6 cm³/mol. The van der Waals surface area contributed by atoms with E-state index < -0.39 is 6.10 Å². The van der Waals surface area contributed by atoms with Crippen molar-refractivity contribution in [3.05, 3.63) is 29.3 Å². The molecule has 3 atom stereocenters. The highest BCUT2D eigenvalue weighted by atomic mass is 16.6. The zero-order valence-electron chi connectivity index (χ0n) is 12.8. The van der Waals surface area contributed by atoms with E-state index >= 15 is 0 Å². The molecule has 0 aromatic heterocycles. The summed E-state index contributed by atoms with van der Waals surface area (Å²) >= 11 is 0. The molecule has 116 valence electrons. The highest BCUT2D eigenvalue weighted by Crippen LogP contribution is 2.36. The Labute approximate surface area is 126 Å². The Morgan fingerprint density at radius 2 is 2.24 bits per heavy atom. The molecule has 1 N–H and O–H groups in total. The molecule has 0 radical (unpaired) electrons. The van der Waals surface area contributed by atoms with E-state index in [1.807, 2.05) is 25.1 Å². The minimum absolute atomic E-state index is 0.125. The summed E-state index contributed by atoms with van der Waals surface area (Å²) in [5, 5.41) is 9.91. The lowest BCUT2D eigenvalue weighted by Gasteiger charge is -2.37. The van der Waals surface area contributed by atoms with Crippen molar-refractivity contribution >= 4 is 0 Å². The predicted octanol–water partition coefficient (Wildman–Crippen LogP) is 2.77. The van der Waals surface area contributed by atoms with Crippen LogP contribution in [0.2, 0.25) is 0 Å². The van der Waals surface area contributed by atoms with Crippen molar-refractivity contribution in [3.63, 3.8) is 0 Å². The summed E-state index contributed by atoms with van der Waals surface area (Å²) in [5.74, 6) is 0.797. The van der Waals surface area contributed by atoms with Crippen molar-refractivity contribution in [2.75, 3.05) is 19.8 Å². The highest BCUT2D eigenvalue weighted by Gasteiger charge is 2.42. The molecule has 4 nitrogen and oxygen atoms in total. The van der Waals surface area contributed by atoms with Crippen molar-refractivity contribution in [3.8, 4) is 5.75 Å². The molecule has 0 bridgehead atoms. The third-order valence-corrected chi connectivity index (χ3v) is 4.43. The maximum atomic E-state index is 9.91. The average Bonchev–Trinajstić information content (AvgIpc) is 2.86. The Kier molecular flexibility index (Phi) is 4.20. The number of aryl methyl sites for hydroxylation is 1. The molecule has 3 unspecified atom stereocenters. The summed E-state index contributed by atoms with van der Waals surface area (Å²) in [6, 6.07) is 5.96. The van der Waals surface area contributed by atoms with Gasteiger partial charge in [0, 0.05) is 31.4 Å². The minimum atomic E-state index is -0.524. The molecule has 21 heavy (non-hydrogen) atoms. The first kappa shape index (κ1) is 14.8. The monoisotopic (exact) mass is 292 g/mol. The van der Waals surface area contributed by atoms with Crippen LogP contribution >= 0.6 is 0 Å². The summed E-state index contributed by atoms with van der Waals surface area (Å²) in [7, 11) is 0. The quantitative estimate of drug-likeness (QED) is 0.930. The van der Waals surface area contributed by atoms with E-state index in [0.717, 1.165) is 42.7 Å². The molecular weight excluding hydrogens is 268 g/mol. The van der Waals surface area contributed by atoms with Gasteiger partial charge in [0.05, 0.1) is 24.9 Å². The lowest BCUT2D eigenvalue weighted by molar-refractivity contribution is -0.112. The Morgan fingerprint density at radius 3 is 2.95 bits per heavy atom. The van der Waals surface area contributed by atoms with Gasteiger partial charge in [0.1, 0.15) is 11.9 Å². The zero-order chi connectivity index (χ0) is 14.9. The van der Waals surface area contributed by atoms with E-state index in [-0.39, 0.29) is 11.7 Å². The van der Waals surface area contributed by atoms with Crippen molar-refractivity contribution in [2.45, 2.75) is 50.9 Å². The van der Waals surface area contributed by atoms with Crippen LogP contribution in [0.5, 0.6) is 5.75 Å². The SMILES string of the molecule is Cc1ccc(C(C)O)c(OC2CCOC3(CCOC3)C2)c1. The second-order valence-corrected chi connectivity index (χ2v) is 6.28. The van der Waals surface area contributed by atoms with Crippen LogP contribution in [0.4, 0.5) is 0 Å². The second-order valence-electron chi connectivity index (χ2n) is 6.28. The van der Waals surface area contributed by atoms with E-state index in [1.54, 1.807) is 6.92 Å². The second kappa shape index (κ2) is 5.95. The molecule has 0 saturated carbocycles. The van der Waals surface area contributed by atoms with Gasteiger partial charge < -0.3 is 19.3 Å². The van der Waals surface area contributed by atoms with Crippen LogP contribution in [0, 0.1) is 6.92 Å². The van der Waals surface area contributed by atoms with Gasteiger partial charge in [-0.1, -0.05) is 12.1 Å². The zero-order valence-corrected chi connectivity index (χ0v) is 12.8. The fourth-order valence-corrected chi connectivity index (χ4v) is 3.22. The van der Waals surface area contributed by atoms with Gasteiger partial charge in [0.15, 0.2) is 0 Å². The van der Waals surface area contributed by atoms with Crippen LogP contribution in [0.1, 0.15) is 43.4 Å². The van der Waals surface area contributed by atoms with Crippen molar-refractivity contribution in [1.82, 2.24) is 0 Å². The van der Waals surface area contributed by atoms with Gasteiger partial charge in [-0.3, -0.25) is 0 Å². The summed E-state index contributed by atoms with van der Waals surface area (Å²) < 4.78 is 17.7. The number of rotatable bonds is 3. The molecule has 1 aromatic carbocycles. The lowest BCUT2D eigenvalue weighted by atomic mass is 9.91. The van der Waals surface area contributed by atoms with Gasteiger partial charge in [-0.2, -0.15) is 0 Å². The molecular formula is C17H24O4. The van der Waals surface area contributed by atoms with E-state index in [4.69, 9.17) is 14.2 Å². The molecule has 0 aliphatic carbocycles. The standard InChI is InChI=1S/C17H24O4/c1-12-3-4-15(13(2)18)16(9-12)21-14-5-7-20-17(10-14)6-8-19-11-17/h3-4,9,13-14,18H,5-8,10-11H2,1-2H3. The van der Waals surface area contributed by atoms with Crippen molar-refractivity contribution < 1.29 is 19.3 Å². The fraction of sp³-hybridized carbons (Fsp3) is 0.647. The van der Waals surface area contributed by atoms with E-state index in [1.165, 1.54) is 0 Å². The normalized spacial score (nSPS) is 30.5. The number of hydrogen-bond donors (Lipinski definition) is 1. The summed E-state index contributed by atoms with van der Waals surface area (Å²) in [6.45, 7) is 5.96. The van der Waals surface area contributed by atoms with Gasteiger partial charge >= 0.3 is 0 Å². The largest absolute Gasteiger partial charge is 0.490 e. The molecule has 2 heterocycles. The number of benzene rings is 1. The molecule has 1 spiro atoms. The van der Waals surface area contributed by atoms with Gasteiger partial charge in [-0.05, 0) is 25.5 Å². The Hall–Kier alpha value is -1.10. The van der Waals surface area contributed by atoms with Gasteiger partial charge in [0.2, 0.25) is 0 Å². The maximum absolute atomic E-state index is 9.91. The van der Waals surface area contributed by atoms with Gasteiger partial charge in [0.25, 0.3) is 0 Å². The molecule has 2 fully saturated rings. The van der Waals surface area contributed by atoms with Crippen molar-refractivity contribution in [1.29, 1.82) is 0 Å². The first-order chi connectivity index (χ1) is 10.1.